The first-order valence-electron chi connectivity index (χ1n) is 12.7. The number of urea groups is 1. The van der Waals surface area contributed by atoms with E-state index in [1.54, 1.807) is 9.58 Å². The van der Waals surface area contributed by atoms with E-state index in [9.17, 15) is 9.59 Å². The van der Waals surface area contributed by atoms with Crippen molar-refractivity contribution in [1.82, 2.24) is 24.9 Å². The number of aromatic nitrogens is 2. The van der Waals surface area contributed by atoms with E-state index >= 15 is 0 Å². The number of nitrogens with zero attached hydrogens (tertiary/aromatic N) is 4. The molecule has 8 nitrogen and oxygen atoms in total. The maximum absolute atomic E-state index is 13.2. The van der Waals surface area contributed by atoms with Gasteiger partial charge in [-0.1, -0.05) is 58.2 Å². The van der Waals surface area contributed by atoms with Crippen LogP contribution < -0.4 is 10.6 Å². The first kappa shape index (κ1) is 26.7. The molecular formula is C27H42N6O2. The van der Waals surface area contributed by atoms with Crippen molar-refractivity contribution < 1.29 is 9.59 Å². The normalized spacial score (nSPS) is 14.7. The Hall–Kier alpha value is -2.87. The van der Waals surface area contributed by atoms with Crippen molar-refractivity contribution in [3.63, 3.8) is 0 Å². The van der Waals surface area contributed by atoms with Crippen molar-refractivity contribution in [1.29, 1.82) is 0 Å². The summed E-state index contributed by atoms with van der Waals surface area (Å²) in [7, 11) is 3.93. The van der Waals surface area contributed by atoms with Crippen LogP contribution in [0.3, 0.4) is 0 Å². The number of likely N-dealkylation sites (N-methyl/N-ethyl adjacent to an activating group) is 1. The van der Waals surface area contributed by atoms with Crippen molar-refractivity contribution in [3.8, 4) is 5.69 Å². The van der Waals surface area contributed by atoms with Gasteiger partial charge in [0.25, 0.3) is 0 Å². The number of carbonyl (C=O) groups is 2. The van der Waals surface area contributed by atoms with Gasteiger partial charge in [0.1, 0.15) is 12.4 Å². The molecule has 0 unspecified atom stereocenters. The number of anilines is 1. The van der Waals surface area contributed by atoms with E-state index in [0.29, 0.717) is 18.9 Å². The van der Waals surface area contributed by atoms with Gasteiger partial charge in [0.05, 0.1) is 11.4 Å². The second-order valence-electron chi connectivity index (χ2n) is 10.9. The van der Waals surface area contributed by atoms with Crippen LogP contribution in [0.4, 0.5) is 10.6 Å². The zero-order valence-electron chi connectivity index (χ0n) is 22.2. The molecule has 1 aliphatic rings. The van der Waals surface area contributed by atoms with Crippen LogP contribution in [0.2, 0.25) is 0 Å². The summed E-state index contributed by atoms with van der Waals surface area (Å²) in [6.45, 7) is 9.46. The van der Waals surface area contributed by atoms with Crippen molar-refractivity contribution in [2.45, 2.75) is 71.3 Å². The average molecular weight is 483 g/mol. The van der Waals surface area contributed by atoms with Gasteiger partial charge in [-0.25, -0.2) is 9.48 Å². The van der Waals surface area contributed by atoms with E-state index in [4.69, 9.17) is 5.10 Å². The Morgan fingerprint density at radius 3 is 2.40 bits per heavy atom. The number of carbonyl (C=O) groups excluding carboxylic acids is 2. The fraction of sp³-hybridized carbons (Fsp3) is 0.593. The van der Waals surface area contributed by atoms with Gasteiger partial charge < -0.3 is 20.4 Å². The van der Waals surface area contributed by atoms with E-state index in [1.165, 1.54) is 6.42 Å². The summed E-state index contributed by atoms with van der Waals surface area (Å²) in [5, 5.41) is 11.0. The summed E-state index contributed by atoms with van der Waals surface area (Å²) >= 11 is 0. The molecule has 0 aliphatic heterocycles. The standard InChI is InChI=1S/C27H42N6O2/c1-20-12-10-11-15-22(20)33-24(18-23(30-33)27(2,3)4)29-25(34)19-32(17-16-31(5)6)26(35)28-21-13-8-7-9-14-21/h10-12,15,18,21H,7-9,13-14,16-17,19H2,1-6H3,(H,28,35)(H,29,34). The van der Waals surface area contributed by atoms with Gasteiger partial charge in [-0.15, -0.1) is 0 Å². The first-order chi connectivity index (χ1) is 16.5. The van der Waals surface area contributed by atoms with Crippen LogP contribution >= 0.6 is 0 Å². The Kier molecular flexibility index (Phi) is 8.94. The van der Waals surface area contributed by atoms with Crippen molar-refractivity contribution in [2.75, 3.05) is 39.0 Å². The van der Waals surface area contributed by atoms with Crippen molar-refractivity contribution in [3.05, 3.63) is 41.6 Å². The Morgan fingerprint density at radius 2 is 1.77 bits per heavy atom. The SMILES string of the molecule is Cc1ccccc1-n1nc(C(C)(C)C)cc1NC(=O)CN(CCN(C)C)C(=O)NC1CCCCC1. The third-order valence-electron chi connectivity index (χ3n) is 6.46. The van der Waals surface area contributed by atoms with Crippen LogP contribution in [-0.4, -0.2) is 71.3 Å². The molecule has 2 N–H and O–H groups in total. The summed E-state index contributed by atoms with van der Waals surface area (Å²) in [6.07, 6.45) is 5.52. The number of benzene rings is 1. The molecule has 0 spiro atoms. The third-order valence-corrected chi connectivity index (χ3v) is 6.46. The van der Waals surface area contributed by atoms with Gasteiger partial charge in [-0.05, 0) is 45.5 Å². The molecule has 0 bridgehead atoms. The molecule has 192 valence electrons. The number of hydrogen-bond donors (Lipinski definition) is 2. The van der Waals surface area contributed by atoms with Crippen LogP contribution in [0.15, 0.2) is 30.3 Å². The molecular weight excluding hydrogens is 440 g/mol. The molecule has 1 aliphatic carbocycles. The lowest BCUT2D eigenvalue weighted by Crippen LogP contribution is -2.49. The Labute approximate surface area is 210 Å². The number of amides is 3. The number of nitrogens with one attached hydrogen (secondary N) is 2. The van der Waals surface area contributed by atoms with Crippen LogP contribution in [0.1, 0.15) is 64.1 Å². The minimum absolute atomic E-state index is 0.0177. The zero-order valence-corrected chi connectivity index (χ0v) is 22.2. The second kappa shape index (κ2) is 11.7. The molecule has 1 fully saturated rings. The number of hydrogen-bond acceptors (Lipinski definition) is 4. The fourth-order valence-electron chi connectivity index (χ4n) is 4.26. The summed E-state index contributed by atoms with van der Waals surface area (Å²) in [6, 6.07) is 9.92. The van der Waals surface area contributed by atoms with Gasteiger partial charge >= 0.3 is 6.03 Å². The topological polar surface area (TPSA) is 82.5 Å². The summed E-state index contributed by atoms with van der Waals surface area (Å²) in [4.78, 5) is 29.9. The largest absolute Gasteiger partial charge is 0.335 e. The summed E-state index contributed by atoms with van der Waals surface area (Å²) in [5.74, 6) is 0.368. The van der Waals surface area contributed by atoms with E-state index in [-0.39, 0.29) is 29.9 Å². The molecule has 0 saturated heterocycles. The fourth-order valence-corrected chi connectivity index (χ4v) is 4.26. The Balaban J connectivity index is 1.78. The summed E-state index contributed by atoms with van der Waals surface area (Å²) < 4.78 is 1.79. The maximum atomic E-state index is 13.2. The predicted octanol–water partition coefficient (Wildman–Crippen LogP) is 4.32. The molecule has 8 heteroatoms. The quantitative estimate of drug-likeness (QED) is 0.587. The average Bonchev–Trinajstić information content (AvgIpc) is 3.21. The highest BCUT2D eigenvalue weighted by Crippen LogP contribution is 2.27. The minimum Gasteiger partial charge on any atom is -0.335 e. The van der Waals surface area contributed by atoms with E-state index < -0.39 is 0 Å². The lowest BCUT2D eigenvalue weighted by molar-refractivity contribution is -0.116. The number of aryl methyl sites for hydroxylation is 1. The molecule has 1 aromatic heterocycles. The summed E-state index contributed by atoms with van der Waals surface area (Å²) in [5.41, 5.74) is 2.68. The van der Waals surface area contributed by atoms with E-state index in [2.05, 4.69) is 31.4 Å². The van der Waals surface area contributed by atoms with Crippen molar-refractivity contribution in [2.24, 2.45) is 0 Å². The highest BCUT2D eigenvalue weighted by Gasteiger charge is 2.25. The van der Waals surface area contributed by atoms with E-state index in [1.807, 2.05) is 56.3 Å². The number of para-hydroxylation sites is 1. The molecule has 2 aromatic rings. The minimum atomic E-state index is -0.238. The molecule has 1 heterocycles. The molecule has 1 aromatic carbocycles. The number of rotatable bonds is 8. The highest BCUT2D eigenvalue weighted by atomic mass is 16.2. The lowest BCUT2D eigenvalue weighted by Gasteiger charge is -2.29. The van der Waals surface area contributed by atoms with E-state index in [0.717, 1.165) is 42.6 Å². The van der Waals surface area contributed by atoms with Crippen LogP contribution in [0, 0.1) is 6.92 Å². The van der Waals surface area contributed by atoms with Gasteiger partial charge in [-0.2, -0.15) is 5.10 Å². The second-order valence-corrected chi connectivity index (χ2v) is 10.9. The molecule has 1 saturated carbocycles. The molecule has 0 atom stereocenters. The van der Waals surface area contributed by atoms with Gasteiger partial charge in [-0.3, -0.25) is 4.79 Å². The molecule has 3 amide bonds. The molecule has 0 radical (unpaired) electrons. The van der Waals surface area contributed by atoms with Crippen LogP contribution in [-0.2, 0) is 10.2 Å². The van der Waals surface area contributed by atoms with Crippen LogP contribution in [0.5, 0.6) is 0 Å². The smallest absolute Gasteiger partial charge is 0.318 e. The third kappa shape index (κ3) is 7.56. The Morgan fingerprint density at radius 1 is 1.09 bits per heavy atom. The monoisotopic (exact) mass is 482 g/mol. The zero-order chi connectivity index (χ0) is 25.6. The van der Waals surface area contributed by atoms with Gasteiger partial charge in [0.2, 0.25) is 5.91 Å². The first-order valence-corrected chi connectivity index (χ1v) is 12.7. The Bertz CT molecular complexity index is 1000. The highest BCUT2D eigenvalue weighted by molar-refractivity contribution is 5.94. The molecule has 3 rings (SSSR count). The van der Waals surface area contributed by atoms with Gasteiger partial charge in [0.15, 0.2) is 0 Å². The predicted molar refractivity (Wildman–Crippen MR) is 141 cm³/mol. The van der Waals surface area contributed by atoms with Crippen molar-refractivity contribution >= 4 is 17.8 Å². The molecule has 35 heavy (non-hydrogen) atoms. The van der Waals surface area contributed by atoms with Crippen LogP contribution in [0.25, 0.3) is 5.69 Å². The maximum Gasteiger partial charge on any atom is 0.318 e. The lowest BCUT2D eigenvalue weighted by atomic mass is 9.92. The van der Waals surface area contributed by atoms with Gasteiger partial charge in [0, 0.05) is 30.6 Å².